The van der Waals surface area contributed by atoms with Crippen molar-refractivity contribution < 1.29 is 0 Å². The van der Waals surface area contributed by atoms with E-state index in [1.165, 1.54) is 63.5 Å². The first-order valence-corrected chi connectivity index (χ1v) is 19.7. The highest BCUT2D eigenvalue weighted by atomic mass is 32.1. The van der Waals surface area contributed by atoms with Gasteiger partial charge in [-0.3, -0.25) is 0 Å². The van der Waals surface area contributed by atoms with E-state index in [9.17, 15) is 0 Å². The van der Waals surface area contributed by atoms with Crippen LogP contribution in [0.3, 0.4) is 0 Å². The molecule has 0 atom stereocenters. The highest BCUT2D eigenvalue weighted by Crippen LogP contribution is 2.45. The van der Waals surface area contributed by atoms with E-state index in [2.05, 4.69) is 150 Å². The average Bonchev–Trinajstić information content (AvgIpc) is 3.77. The topological polar surface area (TPSA) is 43.6 Å². The van der Waals surface area contributed by atoms with Gasteiger partial charge in [-0.25, -0.2) is 15.0 Å². The van der Waals surface area contributed by atoms with Gasteiger partial charge in [-0.05, 0) is 74.8 Å². The molecular formula is C51H30N4S. The summed E-state index contributed by atoms with van der Waals surface area (Å²) in [5.74, 6) is 1.98. The summed E-state index contributed by atoms with van der Waals surface area (Å²) in [6.07, 6.45) is 0. The molecule has 0 unspecified atom stereocenters. The van der Waals surface area contributed by atoms with E-state index in [1.807, 2.05) is 47.7 Å². The minimum Gasteiger partial charge on any atom is -0.309 e. The molecule has 9 aromatic carbocycles. The zero-order valence-electron chi connectivity index (χ0n) is 30.0. The predicted molar refractivity (Wildman–Crippen MR) is 236 cm³/mol. The quantitative estimate of drug-likeness (QED) is 0.181. The third kappa shape index (κ3) is 4.81. The summed E-state index contributed by atoms with van der Waals surface area (Å²) in [4.78, 5) is 15.5. The lowest BCUT2D eigenvalue weighted by Gasteiger charge is -2.12. The fraction of sp³-hybridized carbons (Fsp3) is 0. The van der Waals surface area contributed by atoms with Crippen LogP contribution in [0, 0.1) is 0 Å². The summed E-state index contributed by atoms with van der Waals surface area (Å²) < 4.78 is 4.87. The van der Waals surface area contributed by atoms with E-state index in [1.54, 1.807) is 0 Å². The SMILES string of the molecule is c1ccc(-c2nc(-c3ccccc3)nc(-c3c4ccccc4cc4sc5cc(-n6c7cc8ccccc8cc7c7cc8ccccc8cc76)ccc5c34)n2)cc1. The van der Waals surface area contributed by atoms with Crippen LogP contribution in [0.2, 0.25) is 0 Å². The van der Waals surface area contributed by atoms with E-state index >= 15 is 0 Å². The molecule has 260 valence electrons. The highest BCUT2D eigenvalue weighted by molar-refractivity contribution is 7.26. The third-order valence-corrected chi connectivity index (χ3v) is 12.2. The summed E-state index contributed by atoms with van der Waals surface area (Å²) in [6, 6.07) is 65.1. The molecule has 3 aromatic heterocycles. The van der Waals surface area contributed by atoms with Crippen molar-refractivity contribution >= 4 is 85.6 Å². The summed E-state index contributed by atoms with van der Waals surface area (Å²) in [5, 5.41) is 12.1. The predicted octanol–water partition coefficient (Wildman–Crippen LogP) is 13.8. The van der Waals surface area contributed by atoms with Crippen molar-refractivity contribution in [1.82, 2.24) is 19.5 Å². The molecule has 0 aliphatic heterocycles. The van der Waals surface area contributed by atoms with Gasteiger partial charge in [0.25, 0.3) is 0 Å². The first-order valence-electron chi connectivity index (χ1n) is 18.8. The van der Waals surface area contributed by atoms with E-state index in [4.69, 9.17) is 15.0 Å². The van der Waals surface area contributed by atoms with E-state index in [0.29, 0.717) is 17.5 Å². The number of fused-ring (bicyclic) bond motifs is 9. The Morgan fingerprint density at radius 3 is 1.45 bits per heavy atom. The molecular weight excluding hydrogens is 701 g/mol. The van der Waals surface area contributed by atoms with E-state index in [-0.39, 0.29) is 0 Å². The van der Waals surface area contributed by atoms with Crippen LogP contribution in [0.25, 0.3) is 114 Å². The second kappa shape index (κ2) is 12.2. The molecule has 0 radical (unpaired) electrons. The monoisotopic (exact) mass is 730 g/mol. The van der Waals surface area contributed by atoms with Gasteiger partial charge < -0.3 is 4.57 Å². The zero-order chi connectivity index (χ0) is 36.7. The molecule has 0 amide bonds. The van der Waals surface area contributed by atoms with Gasteiger partial charge in [-0.15, -0.1) is 11.3 Å². The number of benzene rings is 9. The van der Waals surface area contributed by atoms with Gasteiger partial charge in [0.1, 0.15) is 0 Å². The fourth-order valence-corrected chi connectivity index (χ4v) is 9.74. The van der Waals surface area contributed by atoms with Crippen LogP contribution in [0.5, 0.6) is 0 Å². The summed E-state index contributed by atoms with van der Waals surface area (Å²) in [6.45, 7) is 0. The van der Waals surface area contributed by atoms with Crippen LogP contribution in [0.1, 0.15) is 0 Å². The number of rotatable bonds is 4. The molecule has 4 nitrogen and oxygen atoms in total. The van der Waals surface area contributed by atoms with E-state index in [0.717, 1.165) is 33.2 Å². The van der Waals surface area contributed by atoms with Crippen LogP contribution in [0.15, 0.2) is 182 Å². The standard InChI is InChI=1S/C51H30N4S/c1-3-13-31(14-4-1)49-52-50(32-15-5-2-6-16-32)54-51(53-49)48-39-22-12-11-21-37(39)29-46-47(48)40-24-23-38(30-45(40)56-46)55-43-27-35-19-9-7-17-33(35)25-41(43)42-26-34-18-8-10-20-36(34)28-44(42)55/h1-30H. The number of hydrogen-bond acceptors (Lipinski definition) is 4. The largest absolute Gasteiger partial charge is 0.309 e. The van der Waals surface area contributed by atoms with Crippen molar-refractivity contribution in [3.05, 3.63) is 182 Å². The number of hydrogen-bond donors (Lipinski definition) is 0. The molecule has 0 saturated heterocycles. The molecule has 0 bridgehead atoms. The molecule has 0 aliphatic carbocycles. The Morgan fingerprint density at radius 2 is 0.857 bits per heavy atom. The van der Waals surface area contributed by atoms with Crippen LogP contribution >= 0.6 is 11.3 Å². The molecule has 12 aromatic rings. The molecule has 0 fully saturated rings. The third-order valence-electron chi connectivity index (χ3n) is 11.1. The van der Waals surface area contributed by atoms with Gasteiger partial charge in [-0.1, -0.05) is 140 Å². The summed E-state index contributed by atoms with van der Waals surface area (Å²) in [7, 11) is 0. The number of nitrogens with zero attached hydrogens (tertiary/aromatic N) is 4. The molecule has 3 heterocycles. The van der Waals surface area contributed by atoms with Crippen molar-refractivity contribution in [3.8, 4) is 39.9 Å². The molecule has 0 saturated carbocycles. The van der Waals surface area contributed by atoms with Crippen molar-refractivity contribution in [2.75, 3.05) is 0 Å². The smallest absolute Gasteiger partial charge is 0.165 e. The molecule has 0 aliphatic rings. The van der Waals surface area contributed by atoms with Crippen molar-refractivity contribution in [3.63, 3.8) is 0 Å². The lowest BCUT2D eigenvalue weighted by atomic mass is 9.97. The Bertz CT molecular complexity index is 3380. The highest BCUT2D eigenvalue weighted by Gasteiger charge is 2.21. The lowest BCUT2D eigenvalue weighted by molar-refractivity contribution is 1.08. The first-order chi connectivity index (χ1) is 27.7. The zero-order valence-corrected chi connectivity index (χ0v) is 30.8. The normalized spacial score (nSPS) is 11.9. The second-order valence-corrected chi connectivity index (χ2v) is 15.5. The number of aromatic nitrogens is 4. The van der Waals surface area contributed by atoms with Gasteiger partial charge in [0, 0.05) is 53.3 Å². The molecule has 0 N–H and O–H groups in total. The molecule has 5 heteroatoms. The fourth-order valence-electron chi connectivity index (χ4n) is 8.55. The summed E-state index contributed by atoms with van der Waals surface area (Å²) in [5.41, 5.74) is 6.48. The lowest BCUT2D eigenvalue weighted by Crippen LogP contribution is -2.01. The Labute approximate surface area is 325 Å². The average molecular weight is 731 g/mol. The van der Waals surface area contributed by atoms with E-state index < -0.39 is 0 Å². The minimum absolute atomic E-state index is 0.656. The van der Waals surface area contributed by atoms with Crippen LogP contribution in [-0.4, -0.2) is 19.5 Å². The maximum Gasteiger partial charge on any atom is 0.165 e. The minimum atomic E-state index is 0.656. The van der Waals surface area contributed by atoms with Crippen molar-refractivity contribution in [1.29, 1.82) is 0 Å². The molecule has 56 heavy (non-hydrogen) atoms. The maximum absolute atomic E-state index is 5.24. The van der Waals surface area contributed by atoms with Crippen molar-refractivity contribution in [2.45, 2.75) is 0 Å². The van der Waals surface area contributed by atoms with Gasteiger partial charge in [0.2, 0.25) is 0 Å². The Kier molecular flexibility index (Phi) is 6.76. The number of thiophene rings is 1. The van der Waals surface area contributed by atoms with Crippen LogP contribution in [0.4, 0.5) is 0 Å². The first kappa shape index (κ1) is 31.2. The molecule has 0 spiro atoms. The van der Waals surface area contributed by atoms with Gasteiger partial charge in [0.15, 0.2) is 17.5 Å². The van der Waals surface area contributed by atoms with Gasteiger partial charge >= 0.3 is 0 Å². The maximum atomic E-state index is 5.24. The van der Waals surface area contributed by atoms with Gasteiger partial charge in [-0.2, -0.15) is 0 Å². The Balaban J connectivity index is 1.14. The Hall–Kier alpha value is -7.21. The Morgan fingerprint density at radius 1 is 0.357 bits per heavy atom. The van der Waals surface area contributed by atoms with Crippen molar-refractivity contribution in [2.24, 2.45) is 0 Å². The second-order valence-electron chi connectivity index (χ2n) is 14.4. The summed E-state index contributed by atoms with van der Waals surface area (Å²) >= 11 is 1.83. The molecule has 12 rings (SSSR count). The van der Waals surface area contributed by atoms with Crippen LogP contribution in [-0.2, 0) is 0 Å². The van der Waals surface area contributed by atoms with Gasteiger partial charge in [0.05, 0.1) is 11.0 Å². The van der Waals surface area contributed by atoms with Crippen LogP contribution < -0.4 is 0 Å².